The number of rotatable bonds is 6. The molecule has 5 rings (SSSR count). The second-order valence-electron chi connectivity index (χ2n) is 9.92. The first-order chi connectivity index (χ1) is 17.1. The Hall–Kier alpha value is -3.08. The molecule has 1 aromatic heterocycles. The Morgan fingerprint density at radius 3 is 2.60 bits per heavy atom. The van der Waals surface area contributed by atoms with Crippen molar-refractivity contribution in [2.75, 3.05) is 13.7 Å². The number of methoxy groups -OCH3 is 1. The number of hydrogen-bond donors (Lipinski definition) is 0. The van der Waals surface area contributed by atoms with Crippen LogP contribution in [0.1, 0.15) is 91.7 Å². The van der Waals surface area contributed by atoms with Gasteiger partial charge in [-0.15, -0.1) is 0 Å². The molecule has 1 unspecified atom stereocenters. The van der Waals surface area contributed by atoms with Gasteiger partial charge >= 0.3 is 11.9 Å². The van der Waals surface area contributed by atoms with Crippen molar-refractivity contribution >= 4 is 22.8 Å². The van der Waals surface area contributed by atoms with Gasteiger partial charge in [0.25, 0.3) is 0 Å². The summed E-state index contributed by atoms with van der Waals surface area (Å²) < 4.78 is 13.0. The molecule has 0 amide bonds. The van der Waals surface area contributed by atoms with E-state index in [2.05, 4.69) is 41.8 Å². The van der Waals surface area contributed by atoms with E-state index in [0.717, 1.165) is 48.7 Å². The summed E-state index contributed by atoms with van der Waals surface area (Å²) in [6.07, 6.45) is 9.35. The summed E-state index contributed by atoms with van der Waals surface area (Å²) in [6, 6.07) is 14.0. The fraction of sp³-hybridized carbons (Fsp3) is 0.467. The molecule has 1 atom stereocenters. The fourth-order valence-electron chi connectivity index (χ4n) is 6.01. The molecule has 0 spiro atoms. The number of aryl methyl sites for hydroxylation is 1. The smallest absolute Gasteiger partial charge is 0.337 e. The molecular weight excluding hydrogens is 438 g/mol. The molecule has 2 aliphatic rings. The van der Waals surface area contributed by atoms with Crippen LogP contribution in [0.25, 0.3) is 22.2 Å². The average molecular weight is 474 g/mol. The van der Waals surface area contributed by atoms with Crippen LogP contribution in [0.2, 0.25) is 0 Å². The largest absolute Gasteiger partial charge is 0.465 e. The Morgan fingerprint density at radius 1 is 1.03 bits per heavy atom. The third-order valence-electron chi connectivity index (χ3n) is 7.76. The van der Waals surface area contributed by atoms with Crippen LogP contribution in [0.4, 0.5) is 0 Å². The lowest BCUT2D eigenvalue weighted by atomic mass is 9.81. The monoisotopic (exact) mass is 473 g/mol. The standard InChI is InChI=1S/C30H35NO4/c1-3-4-18-35-30(33)25-17-15-20-10-8-9-13-23(20)28-27(21-11-6-5-7-12-21)24-16-14-22(29(32)34-2)19-26(24)31(25)28/h8-10,13-14,16,19,21,25H,3-7,11-12,15,17-18H2,1-2H3. The number of esters is 2. The van der Waals surface area contributed by atoms with E-state index < -0.39 is 6.04 Å². The van der Waals surface area contributed by atoms with Gasteiger partial charge in [-0.3, -0.25) is 0 Å². The fourth-order valence-corrected chi connectivity index (χ4v) is 6.01. The summed E-state index contributed by atoms with van der Waals surface area (Å²) >= 11 is 0. The summed E-state index contributed by atoms with van der Waals surface area (Å²) in [5.41, 5.74) is 6.37. The molecule has 0 N–H and O–H groups in total. The number of unbranched alkanes of at least 4 members (excludes halogenated alkanes) is 1. The first kappa shape index (κ1) is 23.7. The molecule has 5 heteroatoms. The zero-order valence-electron chi connectivity index (χ0n) is 20.8. The van der Waals surface area contributed by atoms with E-state index in [4.69, 9.17) is 9.47 Å². The molecule has 1 aliphatic carbocycles. The van der Waals surface area contributed by atoms with E-state index in [-0.39, 0.29) is 11.9 Å². The number of carbonyl (C=O) groups is 2. The lowest BCUT2D eigenvalue weighted by Gasteiger charge is -2.24. The van der Waals surface area contributed by atoms with Gasteiger partial charge in [0.2, 0.25) is 0 Å². The van der Waals surface area contributed by atoms with Crippen molar-refractivity contribution in [1.29, 1.82) is 0 Å². The molecule has 3 aromatic rings. The summed E-state index contributed by atoms with van der Waals surface area (Å²) in [6.45, 7) is 2.54. The summed E-state index contributed by atoms with van der Waals surface area (Å²) in [4.78, 5) is 26.0. The van der Waals surface area contributed by atoms with Gasteiger partial charge in [0.15, 0.2) is 0 Å². The molecular formula is C30H35NO4. The Balaban J connectivity index is 1.78. The van der Waals surface area contributed by atoms with Gasteiger partial charge in [-0.1, -0.05) is 62.9 Å². The highest BCUT2D eigenvalue weighted by atomic mass is 16.5. The number of fused-ring (bicyclic) bond motifs is 5. The van der Waals surface area contributed by atoms with E-state index in [1.165, 1.54) is 43.1 Å². The highest BCUT2D eigenvalue weighted by molar-refractivity contribution is 6.00. The maximum absolute atomic E-state index is 13.5. The van der Waals surface area contributed by atoms with Crippen LogP contribution in [-0.2, 0) is 20.7 Å². The van der Waals surface area contributed by atoms with Crippen molar-refractivity contribution < 1.29 is 19.1 Å². The zero-order chi connectivity index (χ0) is 24.4. The molecule has 35 heavy (non-hydrogen) atoms. The maximum atomic E-state index is 13.5. The number of ether oxygens (including phenoxy) is 2. The second kappa shape index (κ2) is 10.3. The lowest BCUT2D eigenvalue weighted by Crippen LogP contribution is -2.23. The predicted octanol–water partition coefficient (Wildman–Crippen LogP) is 6.97. The minimum absolute atomic E-state index is 0.178. The van der Waals surface area contributed by atoms with Crippen molar-refractivity contribution in [3.63, 3.8) is 0 Å². The normalized spacial score (nSPS) is 17.9. The second-order valence-corrected chi connectivity index (χ2v) is 9.92. The van der Waals surface area contributed by atoms with Gasteiger partial charge in [0.05, 0.1) is 30.5 Å². The van der Waals surface area contributed by atoms with E-state index >= 15 is 0 Å². The van der Waals surface area contributed by atoms with Crippen LogP contribution in [0.15, 0.2) is 42.5 Å². The van der Waals surface area contributed by atoms with Crippen molar-refractivity contribution in [1.82, 2.24) is 4.57 Å². The van der Waals surface area contributed by atoms with Crippen LogP contribution in [-0.4, -0.2) is 30.2 Å². The van der Waals surface area contributed by atoms with Gasteiger partial charge in [0, 0.05) is 10.9 Å². The third kappa shape index (κ3) is 4.37. The number of hydrogen-bond acceptors (Lipinski definition) is 4. The van der Waals surface area contributed by atoms with Crippen molar-refractivity contribution in [3.8, 4) is 11.3 Å². The number of nitrogens with zero attached hydrogens (tertiary/aromatic N) is 1. The Kier molecular flexibility index (Phi) is 6.94. The highest BCUT2D eigenvalue weighted by Crippen LogP contribution is 2.48. The Labute approximate surface area is 207 Å². The van der Waals surface area contributed by atoms with Crippen LogP contribution in [0.5, 0.6) is 0 Å². The van der Waals surface area contributed by atoms with Crippen LogP contribution in [0.3, 0.4) is 0 Å². The van der Waals surface area contributed by atoms with Crippen LogP contribution >= 0.6 is 0 Å². The molecule has 1 fully saturated rings. The summed E-state index contributed by atoms with van der Waals surface area (Å²) in [5.74, 6) is -0.102. The Bertz CT molecular complexity index is 1230. The molecule has 0 bridgehead atoms. The highest BCUT2D eigenvalue weighted by Gasteiger charge is 2.35. The van der Waals surface area contributed by atoms with E-state index in [0.29, 0.717) is 24.5 Å². The van der Waals surface area contributed by atoms with E-state index in [9.17, 15) is 9.59 Å². The molecule has 2 heterocycles. The van der Waals surface area contributed by atoms with E-state index in [1.54, 1.807) is 0 Å². The molecule has 184 valence electrons. The minimum Gasteiger partial charge on any atom is -0.465 e. The molecule has 2 aromatic carbocycles. The lowest BCUT2D eigenvalue weighted by molar-refractivity contribution is -0.147. The number of benzene rings is 2. The van der Waals surface area contributed by atoms with Crippen molar-refractivity contribution in [3.05, 3.63) is 59.2 Å². The molecule has 0 radical (unpaired) electrons. The number of aromatic nitrogens is 1. The Morgan fingerprint density at radius 2 is 1.83 bits per heavy atom. The van der Waals surface area contributed by atoms with Gasteiger partial charge in [-0.2, -0.15) is 0 Å². The quantitative estimate of drug-likeness (QED) is 0.286. The van der Waals surface area contributed by atoms with Gasteiger partial charge < -0.3 is 14.0 Å². The average Bonchev–Trinajstić information content (AvgIpc) is 3.13. The van der Waals surface area contributed by atoms with Crippen molar-refractivity contribution in [2.24, 2.45) is 0 Å². The molecule has 5 nitrogen and oxygen atoms in total. The first-order valence-corrected chi connectivity index (χ1v) is 13.1. The minimum atomic E-state index is -0.429. The van der Waals surface area contributed by atoms with Crippen LogP contribution < -0.4 is 0 Å². The molecule has 1 saturated carbocycles. The first-order valence-electron chi connectivity index (χ1n) is 13.1. The molecule has 0 saturated heterocycles. The topological polar surface area (TPSA) is 57.5 Å². The van der Waals surface area contributed by atoms with Gasteiger partial charge in [-0.25, -0.2) is 9.59 Å². The summed E-state index contributed by atoms with van der Waals surface area (Å²) in [5, 5.41) is 1.14. The SMILES string of the molecule is CCCCOC(=O)C1CCc2ccccc2-c2c(C3CCCCC3)c3ccc(C(=O)OC)cc3n21. The maximum Gasteiger partial charge on any atom is 0.337 e. The van der Waals surface area contributed by atoms with Crippen molar-refractivity contribution in [2.45, 2.75) is 76.7 Å². The van der Waals surface area contributed by atoms with Gasteiger partial charge in [0.1, 0.15) is 6.04 Å². The number of carbonyl (C=O) groups excluding carboxylic acids is 2. The third-order valence-corrected chi connectivity index (χ3v) is 7.76. The van der Waals surface area contributed by atoms with E-state index in [1.807, 2.05) is 12.1 Å². The summed E-state index contributed by atoms with van der Waals surface area (Å²) in [7, 11) is 1.41. The zero-order valence-corrected chi connectivity index (χ0v) is 20.8. The predicted molar refractivity (Wildman–Crippen MR) is 138 cm³/mol. The molecule has 1 aliphatic heterocycles. The van der Waals surface area contributed by atoms with Gasteiger partial charge in [-0.05, 0) is 61.3 Å². The van der Waals surface area contributed by atoms with Crippen LogP contribution in [0, 0.1) is 0 Å².